The third-order valence-corrected chi connectivity index (χ3v) is 6.05. The van der Waals surface area contributed by atoms with Crippen LogP contribution in [0.15, 0.2) is 23.2 Å². The molecule has 22 heavy (non-hydrogen) atoms. The van der Waals surface area contributed by atoms with Crippen LogP contribution in [0.3, 0.4) is 0 Å². The Labute approximate surface area is 131 Å². The summed E-state index contributed by atoms with van der Waals surface area (Å²) in [6.45, 7) is 2.82. The van der Waals surface area contributed by atoms with E-state index in [2.05, 4.69) is 14.6 Å². The molecule has 0 saturated carbocycles. The zero-order valence-electron chi connectivity index (χ0n) is 12.9. The summed E-state index contributed by atoms with van der Waals surface area (Å²) in [7, 11) is -2.01. The summed E-state index contributed by atoms with van der Waals surface area (Å²) >= 11 is 0. The van der Waals surface area contributed by atoms with Gasteiger partial charge in [-0.15, -0.1) is 0 Å². The number of aromatic nitrogens is 1. The molecule has 0 aromatic carbocycles. The number of sulfonamides is 1. The lowest BCUT2D eigenvalue weighted by molar-refractivity contribution is 0.0531. The number of rotatable bonds is 4. The molecule has 122 valence electrons. The van der Waals surface area contributed by atoms with Crippen LogP contribution in [0, 0.1) is 5.92 Å². The van der Waals surface area contributed by atoms with Gasteiger partial charge >= 0.3 is 0 Å². The van der Waals surface area contributed by atoms with Crippen LogP contribution < -0.4 is 9.62 Å². The van der Waals surface area contributed by atoms with E-state index >= 15 is 0 Å². The van der Waals surface area contributed by atoms with Crippen LogP contribution in [0.1, 0.15) is 25.7 Å². The van der Waals surface area contributed by atoms with Crippen molar-refractivity contribution in [3.63, 3.8) is 0 Å². The third kappa shape index (κ3) is 3.26. The maximum Gasteiger partial charge on any atom is 0.241 e. The molecule has 0 radical (unpaired) electrons. The second-order valence-corrected chi connectivity index (χ2v) is 7.82. The van der Waals surface area contributed by atoms with Crippen molar-refractivity contribution >= 4 is 15.8 Å². The molecule has 1 aromatic rings. The molecule has 1 aromatic heterocycles. The van der Waals surface area contributed by atoms with E-state index in [1.54, 1.807) is 12.1 Å². The van der Waals surface area contributed by atoms with Gasteiger partial charge in [-0.3, -0.25) is 0 Å². The average molecular weight is 325 g/mol. The lowest BCUT2D eigenvalue weighted by Crippen LogP contribution is -2.38. The van der Waals surface area contributed by atoms with Gasteiger partial charge in [0.2, 0.25) is 10.0 Å². The molecule has 2 aliphatic rings. The number of piperidine rings is 1. The quantitative estimate of drug-likeness (QED) is 0.906. The van der Waals surface area contributed by atoms with Crippen molar-refractivity contribution in [1.82, 2.24) is 9.71 Å². The van der Waals surface area contributed by atoms with E-state index in [4.69, 9.17) is 4.74 Å². The van der Waals surface area contributed by atoms with Crippen molar-refractivity contribution < 1.29 is 13.2 Å². The highest BCUT2D eigenvalue weighted by atomic mass is 32.2. The van der Waals surface area contributed by atoms with Crippen molar-refractivity contribution in [2.75, 3.05) is 31.6 Å². The molecule has 0 bridgehead atoms. The zero-order chi connectivity index (χ0) is 15.6. The summed E-state index contributed by atoms with van der Waals surface area (Å²) in [5.74, 6) is 1.50. The van der Waals surface area contributed by atoms with Gasteiger partial charge in [-0.1, -0.05) is 0 Å². The summed E-state index contributed by atoms with van der Waals surface area (Å²) in [6, 6.07) is 3.40. The number of anilines is 1. The Bertz CT molecular complexity index is 589. The van der Waals surface area contributed by atoms with Crippen molar-refractivity contribution in [3.05, 3.63) is 18.3 Å². The first-order valence-electron chi connectivity index (χ1n) is 7.86. The van der Waals surface area contributed by atoms with Gasteiger partial charge in [0, 0.05) is 25.9 Å². The summed E-state index contributed by atoms with van der Waals surface area (Å²) in [6.07, 6.45) is 6.48. The molecule has 3 rings (SSSR count). The van der Waals surface area contributed by atoms with Gasteiger partial charge in [0.05, 0.1) is 6.10 Å². The fourth-order valence-corrected chi connectivity index (χ4v) is 3.99. The number of pyridine rings is 1. The molecular weight excluding hydrogens is 302 g/mol. The Morgan fingerprint density at radius 2 is 2.05 bits per heavy atom. The SMILES string of the molecule is CNS(=O)(=O)c1ccc(N2CCC(C3CCCO3)CC2)nc1. The maximum atomic E-state index is 11.7. The van der Waals surface area contributed by atoms with Gasteiger partial charge in [0.1, 0.15) is 10.7 Å². The molecule has 1 N–H and O–H groups in total. The molecule has 6 nitrogen and oxygen atoms in total. The fraction of sp³-hybridized carbons (Fsp3) is 0.667. The molecular formula is C15H23N3O3S. The maximum absolute atomic E-state index is 11.7. The summed E-state index contributed by atoms with van der Waals surface area (Å²) in [5.41, 5.74) is 0. The molecule has 7 heteroatoms. The molecule has 0 aliphatic carbocycles. The van der Waals surface area contributed by atoms with Gasteiger partial charge in [-0.2, -0.15) is 0 Å². The molecule has 1 atom stereocenters. The van der Waals surface area contributed by atoms with Gasteiger partial charge in [-0.25, -0.2) is 18.1 Å². The van der Waals surface area contributed by atoms with Crippen LogP contribution in [0.2, 0.25) is 0 Å². The topological polar surface area (TPSA) is 71.5 Å². The molecule has 2 fully saturated rings. The van der Waals surface area contributed by atoms with Crippen LogP contribution in [-0.2, 0) is 14.8 Å². The standard InChI is InChI=1S/C15H23N3O3S/c1-16-22(19,20)13-4-5-15(17-11-13)18-8-6-12(7-9-18)14-3-2-10-21-14/h4-5,11-12,14,16H,2-3,6-10H2,1H3. The molecule has 3 heterocycles. The second kappa shape index (κ2) is 6.52. The van der Waals surface area contributed by atoms with E-state index in [0.29, 0.717) is 12.0 Å². The largest absolute Gasteiger partial charge is 0.378 e. The van der Waals surface area contributed by atoms with Gasteiger partial charge in [-0.05, 0) is 50.8 Å². The number of nitrogens with one attached hydrogen (secondary N) is 1. The number of hydrogen-bond donors (Lipinski definition) is 1. The Kier molecular flexibility index (Phi) is 4.65. The minimum absolute atomic E-state index is 0.202. The Morgan fingerprint density at radius 3 is 2.59 bits per heavy atom. The van der Waals surface area contributed by atoms with Crippen LogP contribution in [0.5, 0.6) is 0 Å². The van der Waals surface area contributed by atoms with Crippen LogP contribution in [-0.4, -0.2) is 46.2 Å². The highest BCUT2D eigenvalue weighted by Crippen LogP contribution is 2.30. The predicted octanol–water partition coefficient (Wildman–Crippen LogP) is 1.39. The monoisotopic (exact) mass is 325 g/mol. The molecule has 1 unspecified atom stereocenters. The van der Waals surface area contributed by atoms with Gasteiger partial charge in [0.25, 0.3) is 0 Å². The Morgan fingerprint density at radius 1 is 1.27 bits per heavy atom. The predicted molar refractivity (Wildman–Crippen MR) is 84.4 cm³/mol. The first-order valence-corrected chi connectivity index (χ1v) is 9.34. The highest BCUT2D eigenvalue weighted by Gasteiger charge is 2.29. The normalized spacial score (nSPS) is 23.9. The third-order valence-electron chi connectivity index (χ3n) is 4.65. The van der Waals surface area contributed by atoms with Crippen molar-refractivity contribution in [3.8, 4) is 0 Å². The van der Waals surface area contributed by atoms with E-state index in [1.807, 2.05) is 0 Å². The van der Waals surface area contributed by atoms with E-state index < -0.39 is 10.0 Å². The molecule has 0 amide bonds. The van der Waals surface area contributed by atoms with Crippen LogP contribution >= 0.6 is 0 Å². The Balaban J connectivity index is 1.61. The van der Waals surface area contributed by atoms with E-state index in [9.17, 15) is 8.42 Å². The van der Waals surface area contributed by atoms with Crippen molar-refractivity contribution in [2.24, 2.45) is 5.92 Å². The second-order valence-electron chi connectivity index (χ2n) is 5.94. The molecule has 2 aliphatic heterocycles. The fourth-order valence-electron chi connectivity index (χ4n) is 3.31. The summed E-state index contributed by atoms with van der Waals surface area (Å²) in [4.78, 5) is 6.74. The average Bonchev–Trinajstić information content (AvgIpc) is 3.10. The number of ether oxygens (including phenoxy) is 1. The summed E-state index contributed by atoms with van der Waals surface area (Å²) < 4.78 is 31.5. The van der Waals surface area contributed by atoms with Gasteiger partial charge < -0.3 is 9.64 Å². The summed E-state index contributed by atoms with van der Waals surface area (Å²) in [5, 5.41) is 0. The first-order chi connectivity index (χ1) is 10.6. The highest BCUT2D eigenvalue weighted by molar-refractivity contribution is 7.89. The van der Waals surface area contributed by atoms with Crippen LogP contribution in [0.4, 0.5) is 5.82 Å². The van der Waals surface area contributed by atoms with Gasteiger partial charge in [0.15, 0.2) is 0 Å². The van der Waals surface area contributed by atoms with Crippen molar-refractivity contribution in [1.29, 1.82) is 0 Å². The van der Waals surface area contributed by atoms with Crippen molar-refractivity contribution in [2.45, 2.75) is 36.7 Å². The molecule has 0 spiro atoms. The smallest absolute Gasteiger partial charge is 0.241 e. The first kappa shape index (κ1) is 15.7. The lowest BCUT2D eigenvalue weighted by Gasteiger charge is -2.35. The minimum Gasteiger partial charge on any atom is -0.378 e. The Hall–Kier alpha value is -1.18. The number of nitrogens with zero attached hydrogens (tertiary/aromatic N) is 2. The van der Waals surface area contributed by atoms with E-state index in [-0.39, 0.29) is 4.90 Å². The van der Waals surface area contributed by atoms with E-state index in [0.717, 1.165) is 38.4 Å². The number of hydrogen-bond acceptors (Lipinski definition) is 5. The van der Waals surface area contributed by atoms with E-state index in [1.165, 1.54) is 26.1 Å². The lowest BCUT2D eigenvalue weighted by atomic mass is 9.90. The zero-order valence-corrected chi connectivity index (χ0v) is 13.7. The molecule has 2 saturated heterocycles. The van der Waals surface area contributed by atoms with Crippen LogP contribution in [0.25, 0.3) is 0 Å². The minimum atomic E-state index is -3.41.